The molecule has 1 radical (unpaired) electrons. The van der Waals surface area contributed by atoms with Gasteiger partial charge < -0.3 is 14.2 Å². The zero-order chi connectivity index (χ0) is 15.7. The third-order valence-electron chi connectivity index (χ3n) is 2.71. The molecule has 0 N–H and O–H groups in total. The first kappa shape index (κ1) is 17.0. The standard InChI is InChI=1S/C16H21O5/c1-4-19-15(17)11-10-14(16(18)20-5-2)21-13-9-7-6-8-12(13)3/h6-9,14H,3-5,10-11H2,1-2H3. The smallest absolute Gasteiger partial charge is 0.347 e. The molecule has 1 unspecified atom stereocenters. The molecule has 5 nitrogen and oxygen atoms in total. The van der Waals surface area contributed by atoms with Crippen molar-refractivity contribution in [1.29, 1.82) is 0 Å². The minimum Gasteiger partial charge on any atom is -0.478 e. The monoisotopic (exact) mass is 293 g/mol. The summed E-state index contributed by atoms with van der Waals surface area (Å²) >= 11 is 0. The molecule has 0 spiro atoms. The summed E-state index contributed by atoms with van der Waals surface area (Å²) in [7, 11) is 0. The Morgan fingerprint density at radius 1 is 1.14 bits per heavy atom. The van der Waals surface area contributed by atoms with Crippen molar-refractivity contribution in [2.75, 3.05) is 13.2 Å². The lowest BCUT2D eigenvalue weighted by Crippen LogP contribution is -2.30. The molecule has 0 amide bonds. The van der Waals surface area contributed by atoms with Crippen LogP contribution in [0.3, 0.4) is 0 Å². The summed E-state index contributed by atoms with van der Waals surface area (Å²) in [5.41, 5.74) is 0.669. The number of para-hydroxylation sites is 1. The van der Waals surface area contributed by atoms with Gasteiger partial charge in [0.15, 0.2) is 6.10 Å². The van der Waals surface area contributed by atoms with Crippen LogP contribution in [0, 0.1) is 6.92 Å². The Labute approximate surface area is 125 Å². The summed E-state index contributed by atoms with van der Waals surface area (Å²) in [4.78, 5) is 23.3. The third kappa shape index (κ3) is 5.85. The SMILES string of the molecule is [CH2]c1ccccc1OC(CCC(=O)OCC)C(=O)OCC. The highest BCUT2D eigenvalue weighted by atomic mass is 16.6. The maximum absolute atomic E-state index is 11.9. The molecule has 0 bridgehead atoms. The van der Waals surface area contributed by atoms with Gasteiger partial charge in [0.25, 0.3) is 0 Å². The normalized spacial score (nSPS) is 11.6. The topological polar surface area (TPSA) is 61.8 Å². The fourth-order valence-electron chi connectivity index (χ4n) is 1.71. The van der Waals surface area contributed by atoms with E-state index in [0.717, 1.165) is 0 Å². The molecule has 0 saturated heterocycles. The molecular weight excluding hydrogens is 272 g/mol. The molecule has 0 aliphatic heterocycles. The van der Waals surface area contributed by atoms with Gasteiger partial charge in [-0.25, -0.2) is 4.79 Å². The Morgan fingerprint density at radius 3 is 2.43 bits per heavy atom. The molecule has 21 heavy (non-hydrogen) atoms. The maximum atomic E-state index is 11.9. The van der Waals surface area contributed by atoms with E-state index in [1.54, 1.807) is 32.0 Å². The van der Waals surface area contributed by atoms with Gasteiger partial charge in [0.05, 0.1) is 13.2 Å². The number of carbonyl (C=O) groups is 2. The predicted octanol–water partition coefficient (Wildman–Crippen LogP) is 2.52. The third-order valence-corrected chi connectivity index (χ3v) is 2.71. The van der Waals surface area contributed by atoms with E-state index < -0.39 is 12.1 Å². The van der Waals surface area contributed by atoms with Crippen molar-refractivity contribution in [2.45, 2.75) is 32.8 Å². The van der Waals surface area contributed by atoms with E-state index in [1.165, 1.54) is 0 Å². The van der Waals surface area contributed by atoms with Crippen LogP contribution >= 0.6 is 0 Å². The highest BCUT2D eigenvalue weighted by Crippen LogP contribution is 2.20. The molecule has 1 atom stereocenters. The van der Waals surface area contributed by atoms with Gasteiger partial charge in [0.2, 0.25) is 0 Å². The van der Waals surface area contributed by atoms with Crippen molar-refractivity contribution in [2.24, 2.45) is 0 Å². The molecule has 0 aliphatic carbocycles. The first-order valence-electron chi connectivity index (χ1n) is 6.98. The number of esters is 2. The van der Waals surface area contributed by atoms with Crippen LogP contribution in [0.2, 0.25) is 0 Å². The highest BCUT2D eigenvalue weighted by molar-refractivity contribution is 5.76. The van der Waals surface area contributed by atoms with Gasteiger partial charge >= 0.3 is 11.9 Å². The zero-order valence-corrected chi connectivity index (χ0v) is 12.5. The average Bonchev–Trinajstić information content (AvgIpc) is 2.45. The number of carbonyl (C=O) groups excluding carboxylic acids is 2. The largest absolute Gasteiger partial charge is 0.478 e. The molecule has 1 rings (SSSR count). The first-order valence-corrected chi connectivity index (χ1v) is 6.98. The molecule has 115 valence electrons. The zero-order valence-electron chi connectivity index (χ0n) is 12.5. The van der Waals surface area contributed by atoms with Crippen LogP contribution in [0.5, 0.6) is 5.75 Å². The Morgan fingerprint density at radius 2 is 1.81 bits per heavy atom. The lowest BCUT2D eigenvalue weighted by molar-refractivity contribution is -0.152. The van der Waals surface area contributed by atoms with Crippen molar-refractivity contribution in [3.63, 3.8) is 0 Å². The summed E-state index contributed by atoms with van der Waals surface area (Å²) in [6.45, 7) is 7.85. The van der Waals surface area contributed by atoms with E-state index in [4.69, 9.17) is 14.2 Å². The van der Waals surface area contributed by atoms with Crippen LogP contribution in [0.1, 0.15) is 32.3 Å². The summed E-state index contributed by atoms with van der Waals surface area (Å²) in [6, 6.07) is 7.12. The number of rotatable bonds is 8. The summed E-state index contributed by atoms with van der Waals surface area (Å²) in [5, 5.41) is 0. The van der Waals surface area contributed by atoms with Crippen molar-refractivity contribution >= 4 is 11.9 Å². The van der Waals surface area contributed by atoms with Crippen LogP contribution in [0.25, 0.3) is 0 Å². The molecule has 0 heterocycles. The van der Waals surface area contributed by atoms with Gasteiger partial charge in [0, 0.05) is 12.8 Å². The molecule has 0 fully saturated rings. The van der Waals surface area contributed by atoms with Gasteiger partial charge in [-0.15, -0.1) is 0 Å². The maximum Gasteiger partial charge on any atom is 0.347 e. The lowest BCUT2D eigenvalue weighted by Gasteiger charge is -2.18. The molecule has 0 saturated carbocycles. The number of hydrogen-bond donors (Lipinski definition) is 0. The summed E-state index contributed by atoms with van der Waals surface area (Å²) < 4.78 is 15.5. The van der Waals surface area contributed by atoms with Crippen LogP contribution in [-0.4, -0.2) is 31.3 Å². The average molecular weight is 293 g/mol. The van der Waals surface area contributed by atoms with Crippen molar-refractivity contribution in [3.05, 3.63) is 36.8 Å². The van der Waals surface area contributed by atoms with E-state index in [0.29, 0.717) is 17.9 Å². The fourth-order valence-corrected chi connectivity index (χ4v) is 1.71. The van der Waals surface area contributed by atoms with Gasteiger partial charge in [-0.1, -0.05) is 18.2 Å². The number of benzene rings is 1. The second-order valence-electron chi connectivity index (χ2n) is 4.31. The molecule has 1 aromatic rings. The van der Waals surface area contributed by atoms with Crippen LogP contribution in [0.4, 0.5) is 0 Å². The van der Waals surface area contributed by atoms with Crippen molar-refractivity contribution in [3.8, 4) is 5.75 Å². The molecule has 0 aromatic heterocycles. The van der Waals surface area contributed by atoms with Gasteiger partial charge in [0.1, 0.15) is 5.75 Å². The molecule has 5 heteroatoms. The number of hydrogen-bond acceptors (Lipinski definition) is 5. The van der Waals surface area contributed by atoms with E-state index in [1.807, 2.05) is 6.07 Å². The van der Waals surface area contributed by atoms with Crippen molar-refractivity contribution in [1.82, 2.24) is 0 Å². The van der Waals surface area contributed by atoms with Crippen LogP contribution in [0.15, 0.2) is 24.3 Å². The van der Waals surface area contributed by atoms with Crippen LogP contribution in [-0.2, 0) is 19.1 Å². The van der Waals surface area contributed by atoms with Gasteiger partial charge in [-0.3, -0.25) is 4.79 Å². The second-order valence-corrected chi connectivity index (χ2v) is 4.31. The minimum absolute atomic E-state index is 0.0939. The van der Waals surface area contributed by atoms with E-state index in [9.17, 15) is 9.59 Å². The van der Waals surface area contributed by atoms with E-state index in [2.05, 4.69) is 6.92 Å². The van der Waals surface area contributed by atoms with Gasteiger partial charge in [-0.2, -0.15) is 0 Å². The van der Waals surface area contributed by atoms with E-state index in [-0.39, 0.29) is 25.4 Å². The minimum atomic E-state index is -0.850. The molecular formula is C16H21O5. The van der Waals surface area contributed by atoms with Crippen molar-refractivity contribution < 1.29 is 23.8 Å². The van der Waals surface area contributed by atoms with Crippen LogP contribution < -0.4 is 4.74 Å². The Kier molecular flexibility index (Phi) is 7.29. The lowest BCUT2D eigenvalue weighted by atomic mass is 10.2. The fraction of sp³-hybridized carbons (Fsp3) is 0.438. The molecule has 1 aromatic carbocycles. The second kappa shape index (κ2) is 9.00. The number of ether oxygens (including phenoxy) is 3. The Hall–Kier alpha value is -2.04. The first-order chi connectivity index (χ1) is 10.1. The molecule has 0 aliphatic rings. The Bertz CT molecular complexity index is 469. The Balaban J connectivity index is 2.71. The highest BCUT2D eigenvalue weighted by Gasteiger charge is 2.23. The summed E-state index contributed by atoms with van der Waals surface area (Å²) in [5.74, 6) is -0.359. The summed E-state index contributed by atoms with van der Waals surface area (Å²) in [6.07, 6.45) is -0.555. The predicted molar refractivity (Wildman–Crippen MR) is 77.8 cm³/mol. The quantitative estimate of drug-likeness (QED) is 0.689. The van der Waals surface area contributed by atoms with Gasteiger partial charge in [-0.05, 0) is 32.4 Å². The van der Waals surface area contributed by atoms with E-state index >= 15 is 0 Å².